The fraction of sp³-hybridized carbons (Fsp3) is 0. The van der Waals surface area contributed by atoms with Gasteiger partial charge in [-0.15, -0.1) is 5.10 Å². The molecule has 1 heterocycles. The van der Waals surface area contributed by atoms with Crippen molar-refractivity contribution in [1.82, 2.24) is 14.8 Å². The van der Waals surface area contributed by atoms with Crippen molar-refractivity contribution in [3.63, 3.8) is 0 Å². The second-order valence-corrected chi connectivity index (χ2v) is 6.73. The van der Waals surface area contributed by atoms with Crippen LogP contribution in [0.15, 0.2) is 73.1 Å². The highest BCUT2D eigenvalue weighted by atomic mass is 16.1. The van der Waals surface area contributed by atoms with Crippen LogP contribution < -0.4 is 5.32 Å². The van der Waals surface area contributed by atoms with Crippen molar-refractivity contribution in [1.29, 1.82) is 5.26 Å². The van der Waals surface area contributed by atoms with Crippen LogP contribution >= 0.6 is 0 Å². The summed E-state index contributed by atoms with van der Waals surface area (Å²) in [5.41, 5.74) is 4.34. The van der Waals surface area contributed by atoms with Gasteiger partial charge < -0.3 is 5.32 Å². The van der Waals surface area contributed by atoms with E-state index in [2.05, 4.69) is 15.4 Å². The molecule has 0 aliphatic heterocycles. The molecule has 0 saturated carbocycles. The van der Waals surface area contributed by atoms with E-state index in [1.807, 2.05) is 24.3 Å². The zero-order valence-corrected chi connectivity index (χ0v) is 15.5. The van der Waals surface area contributed by atoms with Crippen LogP contribution in [-0.2, 0) is 0 Å². The van der Waals surface area contributed by atoms with Crippen LogP contribution in [0.2, 0.25) is 0 Å². The first-order valence-electron chi connectivity index (χ1n) is 9.16. The summed E-state index contributed by atoms with van der Waals surface area (Å²) in [6, 6.07) is 21.5. The molecular formula is C23H13N5O2. The maximum atomic E-state index is 12.9. The van der Waals surface area contributed by atoms with Crippen LogP contribution in [0.25, 0.3) is 16.8 Å². The molecule has 1 amide bonds. The number of rotatable bonds is 3. The lowest BCUT2D eigenvalue weighted by Gasteiger charge is -2.11. The van der Waals surface area contributed by atoms with E-state index in [9.17, 15) is 9.59 Å². The predicted molar refractivity (Wildman–Crippen MR) is 109 cm³/mol. The number of ketones is 1. The van der Waals surface area contributed by atoms with Gasteiger partial charge in [-0.2, -0.15) is 5.26 Å². The number of nitriles is 1. The highest BCUT2D eigenvalue weighted by Crippen LogP contribution is 2.36. The van der Waals surface area contributed by atoms with Crippen LogP contribution in [0, 0.1) is 11.3 Å². The predicted octanol–water partition coefficient (Wildman–Crippen LogP) is 3.60. The van der Waals surface area contributed by atoms with Gasteiger partial charge in [0.05, 0.1) is 11.4 Å². The summed E-state index contributed by atoms with van der Waals surface area (Å²) in [4.78, 5) is 29.5. The van der Waals surface area contributed by atoms with Gasteiger partial charge in [0.15, 0.2) is 5.78 Å². The molecule has 0 radical (unpaired) electrons. The number of hydrogen-bond acceptors (Lipinski definition) is 5. The number of nitrogens with one attached hydrogen (secondary N) is 1. The average molecular weight is 391 g/mol. The van der Waals surface area contributed by atoms with Crippen molar-refractivity contribution >= 4 is 17.4 Å². The molecule has 1 N–H and O–H groups in total. The number of carbonyl (C=O) groups is 2. The largest absolute Gasteiger partial charge is 0.320 e. The van der Waals surface area contributed by atoms with Crippen LogP contribution in [0.1, 0.15) is 32.1 Å². The minimum atomic E-state index is -0.352. The van der Waals surface area contributed by atoms with Gasteiger partial charge in [-0.1, -0.05) is 42.5 Å². The molecule has 7 heteroatoms. The molecule has 0 bridgehead atoms. The van der Waals surface area contributed by atoms with E-state index in [1.165, 1.54) is 11.0 Å². The fourth-order valence-electron chi connectivity index (χ4n) is 3.57. The third-order valence-electron chi connectivity index (χ3n) is 4.98. The topological polar surface area (TPSA) is 101 Å². The summed E-state index contributed by atoms with van der Waals surface area (Å²) in [5, 5.41) is 15.9. The molecule has 0 spiro atoms. The molecule has 4 aromatic rings. The first-order chi connectivity index (χ1) is 14.7. The van der Waals surface area contributed by atoms with Crippen molar-refractivity contribution in [3.05, 3.63) is 95.6 Å². The molecule has 0 fully saturated rings. The van der Waals surface area contributed by atoms with E-state index in [1.54, 1.807) is 48.5 Å². The molecule has 5 rings (SSSR count). The van der Waals surface area contributed by atoms with Crippen molar-refractivity contribution < 1.29 is 9.59 Å². The summed E-state index contributed by atoms with van der Waals surface area (Å²) < 4.78 is 1.43. The van der Waals surface area contributed by atoms with Crippen molar-refractivity contribution in [2.24, 2.45) is 0 Å². The Kier molecular flexibility index (Phi) is 3.97. The van der Waals surface area contributed by atoms with Gasteiger partial charge in [0, 0.05) is 16.7 Å². The van der Waals surface area contributed by atoms with Gasteiger partial charge >= 0.3 is 0 Å². The molecule has 1 aliphatic rings. The number of anilines is 1. The molecule has 0 unspecified atom stereocenters. The number of amides is 1. The van der Waals surface area contributed by atoms with Crippen LogP contribution in [0.5, 0.6) is 0 Å². The Balaban J connectivity index is 1.47. The SMILES string of the molecule is N#Cc1ncn(-c2ccccc2NC(=O)c2ccc3c(c2)C(=O)c2ccccc2-3)n1. The summed E-state index contributed by atoms with van der Waals surface area (Å²) in [6.45, 7) is 0. The number of hydrogen-bond donors (Lipinski definition) is 1. The van der Waals surface area contributed by atoms with Crippen LogP contribution in [0.4, 0.5) is 5.69 Å². The quantitative estimate of drug-likeness (QED) is 0.506. The Hall–Kier alpha value is -4.57. The minimum Gasteiger partial charge on any atom is -0.320 e. The van der Waals surface area contributed by atoms with Gasteiger partial charge in [-0.25, -0.2) is 9.67 Å². The standard InChI is InChI=1S/C23H13N5O2/c24-12-21-25-13-28(27-21)20-8-4-3-7-19(20)26-23(30)14-9-10-16-15-5-1-2-6-17(15)22(29)18(16)11-14/h1-11,13H,(H,26,30). The summed E-state index contributed by atoms with van der Waals surface area (Å²) >= 11 is 0. The Morgan fingerprint density at radius 2 is 1.67 bits per heavy atom. The third kappa shape index (κ3) is 2.75. The fourth-order valence-corrected chi connectivity index (χ4v) is 3.57. The van der Waals surface area contributed by atoms with Crippen molar-refractivity contribution in [2.45, 2.75) is 0 Å². The van der Waals surface area contributed by atoms with Gasteiger partial charge in [0.25, 0.3) is 11.7 Å². The summed E-state index contributed by atoms with van der Waals surface area (Å²) in [6.07, 6.45) is 1.41. The number of benzene rings is 3. The van der Waals surface area contributed by atoms with Gasteiger partial charge in [0.2, 0.25) is 0 Å². The van der Waals surface area contributed by atoms with E-state index in [4.69, 9.17) is 5.26 Å². The zero-order chi connectivity index (χ0) is 20.7. The molecule has 3 aromatic carbocycles. The van der Waals surface area contributed by atoms with E-state index in [-0.39, 0.29) is 17.5 Å². The second kappa shape index (κ2) is 6.79. The molecular weight excluding hydrogens is 378 g/mol. The molecule has 1 aliphatic carbocycles. The molecule has 0 atom stereocenters. The molecule has 1 aromatic heterocycles. The van der Waals surface area contributed by atoms with E-state index in [0.29, 0.717) is 28.1 Å². The van der Waals surface area contributed by atoms with Gasteiger partial charge in [-0.05, 0) is 35.4 Å². The first kappa shape index (κ1) is 17.5. The lowest BCUT2D eigenvalue weighted by molar-refractivity contribution is 0.102. The van der Waals surface area contributed by atoms with E-state index < -0.39 is 0 Å². The first-order valence-corrected chi connectivity index (χ1v) is 9.16. The zero-order valence-electron chi connectivity index (χ0n) is 15.5. The Morgan fingerprint density at radius 3 is 2.47 bits per heavy atom. The van der Waals surface area contributed by atoms with Gasteiger partial charge in [0.1, 0.15) is 12.4 Å². The van der Waals surface area contributed by atoms with Gasteiger partial charge in [-0.3, -0.25) is 9.59 Å². The number of para-hydroxylation sites is 2. The number of nitrogens with zero attached hydrogens (tertiary/aromatic N) is 4. The minimum absolute atomic E-state index is 0.0350. The number of aromatic nitrogens is 3. The summed E-state index contributed by atoms with van der Waals surface area (Å²) in [7, 11) is 0. The highest BCUT2D eigenvalue weighted by Gasteiger charge is 2.27. The molecule has 7 nitrogen and oxygen atoms in total. The van der Waals surface area contributed by atoms with Crippen LogP contribution in [-0.4, -0.2) is 26.5 Å². The molecule has 30 heavy (non-hydrogen) atoms. The monoisotopic (exact) mass is 391 g/mol. The van der Waals surface area contributed by atoms with Crippen LogP contribution in [0.3, 0.4) is 0 Å². The lowest BCUT2D eigenvalue weighted by Crippen LogP contribution is -2.14. The average Bonchev–Trinajstić information content (AvgIpc) is 3.37. The smallest absolute Gasteiger partial charge is 0.255 e. The summed E-state index contributed by atoms with van der Waals surface area (Å²) in [5.74, 6) is -0.398. The Morgan fingerprint density at radius 1 is 0.933 bits per heavy atom. The maximum absolute atomic E-state index is 12.9. The second-order valence-electron chi connectivity index (χ2n) is 6.73. The lowest BCUT2D eigenvalue weighted by atomic mass is 10.0. The highest BCUT2D eigenvalue weighted by molar-refractivity contribution is 6.22. The van der Waals surface area contributed by atoms with Crippen molar-refractivity contribution in [3.8, 4) is 22.9 Å². The molecule has 0 saturated heterocycles. The normalized spacial score (nSPS) is 11.5. The Bertz CT molecular complexity index is 1380. The maximum Gasteiger partial charge on any atom is 0.255 e. The number of fused-ring (bicyclic) bond motifs is 3. The Labute approximate surface area is 171 Å². The van der Waals surface area contributed by atoms with E-state index >= 15 is 0 Å². The molecule has 142 valence electrons. The number of carbonyl (C=O) groups excluding carboxylic acids is 2. The van der Waals surface area contributed by atoms with E-state index in [0.717, 1.165) is 11.1 Å². The van der Waals surface area contributed by atoms with Crippen molar-refractivity contribution in [2.75, 3.05) is 5.32 Å². The third-order valence-corrected chi connectivity index (χ3v) is 4.98.